The van der Waals surface area contributed by atoms with Crippen molar-refractivity contribution in [2.75, 3.05) is 18.1 Å². The number of hydrogen-bond donors (Lipinski definition) is 2. The van der Waals surface area contributed by atoms with E-state index >= 15 is 0 Å². The molecule has 6 heteroatoms. The lowest BCUT2D eigenvalue weighted by Gasteiger charge is -2.14. The maximum absolute atomic E-state index is 11.5. The highest BCUT2D eigenvalue weighted by Crippen LogP contribution is 2.09. The zero-order valence-corrected chi connectivity index (χ0v) is 13.0. The van der Waals surface area contributed by atoms with Gasteiger partial charge in [-0.05, 0) is 26.2 Å². The van der Waals surface area contributed by atoms with Crippen LogP contribution < -0.4 is 5.32 Å². The average molecular weight is 293 g/mol. The molecule has 0 aliphatic rings. The number of aliphatic carboxylic acids is 1. The van der Waals surface area contributed by atoms with E-state index in [0.717, 1.165) is 12.8 Å². The van der Waals surface area contributed by atoms with Crippen LogP contribution in [0.5, 0.6) is 0 Å². The van der Waals surface area contributed by atoms with E-state index in [1.165, 1.54) is 0 Å². The highest BCUT2D eigenvalue weighted by atomic mass is 32.2. The Balaban J connectivity index is 3.71. The van der Waals surface area contributed by atoms with Gasteiger partial charge in [0.25, 0.3) is 0 Å². The van der Waals surface area contributed by atoms with E-state index < -0.39 is 15.8 Å². The second-order valence-corrected chi connectivity index (χ2v) is 7.48. The lowest BCUT2D eigenvalue weighted by atomic mass is 10.0. The molecule has 0 saturated carbocycles. The van der Waals surface area contributed by atoms with Gasteiger partial charge in [0.05, 0.1) is 11.7 Å². The van der Waals surface area contributed by atoms with E-state index in [9.17, 15) is 13.2 Å². The van der Waals surface area contributed by atoms with Crippen molar-refractivity contribution < 1.29 is 18.3 Å². The molecule has 0 fully saturated rings. The Bertz CT molecular complexity index is 354. The van der Waals surface area contributed by atoms with Crippen molar-refractivity contribution in [1.29, 1.82) is 0 Å². The summed E-state index contributed by atoms with van der Waals surface area (Å²) in [6.07, 6.45) is 3.02. The lowest BCUT2D eigenvalue weighted by molar-refractivity contribution is -0.141. The predicted octanol–water partition coefficient (Wildman–Crippen LogP) is 1.68. The maximum Gasteiger partial charge on any atom is 0.306 e. The number of rotatable bonds is 11. The molecule has 5 nitrogen and oxygen atoms in total. The van der Waals surface area contributed by atoms with Gasteiger partial charge in [0.15, 0.2) is 9.84 Å². The number of nitrogens with one attached hydrogen (secondary N) is 1. The lowest BCUT2D eigenvalue weighted by Crippen LogP contribution is -2.31. The van der Waals surface area contributed by atoms with Crippen molar-refractivity contribution in [2.24, 2.45) is 5.92 Å². The zero-order chi connectivity index (χ0) is 14.9. The van der Waals surface area contributed by atoms with Gasteiger partial charge in [-0.1, -0.05) is 20.3 Å². The standard InChI is InChI=1S/C13H27NO4S/c1-4-9-19(17,18)10-8-14-12(3)7-5-6-11(2)13(15)16/h11-12,14H,4-10H2,1-3H3,(H,15,16). The number of hydrogen-bond acceptors (Lipinski definition) is 4. The number of sulfone groups is 1. The normalized spacial score (nSPS) is 15.1. The molecule has 0 aromatic heterocycles. The van der Waals surface area contributed by atoms with Gasteiger partial charge >= 0.3 is 5.97 Å². The molecule has 0 aliphatic carbocycles. The van der Waals surface area contributed by atoms with Gasteiger partial charge in [0.1, 0.15) is 0 Å². The zero-order valence-electron chi connectivity index (χ0n) is 12.2. The number of carboxylic acids is 1. The van der Waals surface area contributed by atoms with Crippen LogP contribution in [0.15, 0.2) is 0 Å². The van der Waals surface area contributed by atoms with Crippen molar-refractivity contribution in [3.05, 3.63) is 0 Å². The quantitative estimate of drug-likeness (QED) is 0.605. The second kappa shape index (κ2) is 9.31. The van der Waals surface area contributed by atoms with Crippen LogP contribution in [-0.2, 0) is 14.6 Å². The topological polar surface area (TPSA) is 83.5 Å². The Labute approximate surface area is 116 Å². The van der Waals surface area contributed by atoms with Crippen LogP contribution in [0.3, 0.4) is 0 Å². The highest BCUT2D eigenvalue weighted by molar-refractivity contribution is 7.91. The molecular formula is C13H27NO4S. The minimum atomic E-state index is -2.91. The molecule has 0 spiro atoms. The monoisotopic (exact) mass is 293 g/mol. The smallest absolute Gasteiger partial charge is 0.306 e. The van der Waals surface area contributed by atoms with Crippen molar-refractivity contribution in [3.8, 4) is 0 Å². The second-order valence-electron chi connectivity index (χ2n) is 5.18. The van der Waals surface area contributed by atoms with E-state index in [2.05, 4.69) is 5.32 Å². The molecule has 19 heavy (non-hydrogen) atoms. The van der Waals surface area contributed by atoms with Crippen LogP contribution in [-0.4, -0.2) is 43.6 Å². The molecule has 0 aromatic carbocycles. The van der Waals surface area contributed by atoms with Gasteiger partial charge in [-0.3, -0.25) is 4.79 Å². The van der Waals surface area contributed by atoms with Gasteiger partial charge in [-0.15, -0.1) is 0 Å². The first-order chi connectivity index (χ1) is 8.78. The van der Waals surface area contributed by atoms with Gasteiger partial charge in [-0.2, -0.15) is 0 Å². The van der Waals surface area contributed by atoms with Crippen molar-refractivity contribution in [1.82, 2.24) is 5.32 Å². The molecule has 2 unspecified atom stereocenters. The minimum absolute atomic E-state index is 0.177. The SMILES string of the molecule is CCCS(=O)(=O)CCNC(C)CCCC(C)C(=O)O. The first-order valence-corrected chi connectivity index (χ1v) is 8.77. The molecule has 0 rings (SSSR count). The van der Waals surface area contributed by atoms with E-state index in [4.69, 9.17) is 5.11 Å². The maximum atomic E-state index is 11.5. The van der Waals surface area contributed by atoms with Crippen LogP contribution in [0.25, 0.3) is 0 Å². The molecule has 0 bridgehead atoms. The highest BCUT2D eigenvalue weighted by Gasteiger charge is 2.12. The Kier molecular flexibility index (Phi) is 9.01. The van der Waals surface area contributed by atoms with Gasteiger partial charge in [0, 0.05) is 18.3 Å². The van der Waals surface area contributed by atoms with Gasteiger partial charge in [0.2, 0.25) is 0 Å². The summed E-state index contributed by atoms with van der Waals surface area (Å²) in [7, 11) is -2.91. The molecule has 0 aromatic rings. The van der Waals surface area contributed by atoms with Crippen molar-refractivity contribution in [2.45, 2.75) is 52.5 Å². The minimum Gasteiger partial charge on any atom is -0.481 e. The molecule has 0 heterocycles. The summed E-state index contributed by atoms with van der Waals surface area (Å²) < 4.78 is 23.0. The summed E-state index contributed by atoms with van der Waals surface area (Å²) in [6.45, 7) is 6.03. The summed E-state index contributed by atoms with van der Waals surface area (Å²) in [6, 6.07) is 0.220. The first-order valence-electron chi connectivity index (χ1n) is 6.95. The van der Waals surface area contributed by atoms with Crippen LogP contribution in [0, 0.1) is 5.92 Å². The fourth-order valence-corrected chi connectivity index (χ4v) is 3.08. The van der Waals surface area contributed by atoms with Gasteiger partial charge in [-0.25, -0.2) is 8.42 Å². The molecule has 2 atom stereocenters. The molecule has 114 valence electrons. The Morgan fingerprint density at radius 1 is 1.21 bits per heavy atom. The van der Waals surface area contributed by atoms with E-state index in [-0.39, 0.29) is 23.5 Å². The molecule has 2 N–H and O–H groups in total. The predicted molar refractivity (Wildman–Crippen MR) is 77.1 cm³/mol. The number of carbonyl (C=O) groups is 1. The van der Waals surface area contributed by atoms with Crippen molar-refractivity contribution >= 4 is 15.8 Å². The fraction of sp³-hybridized carbons (Fsp3) is 0.923. The summed E-state index contributed by atoms with van der Waals surface area (Å²) in [5.41, 5.74) is 0. The summed E-state index contributed by atoms with van der Waals surface area (Å²) in [5, 5.41) is 11.9. The van der Waals surface area contributed by atoms with Crippen molar-refractivity contribution in [3.63, 3.8) is 0 Å². The van der Waals surface area contributed by atoms with E-state index in [0.29, 0.717) is 19.4 Å². The molecule has 0 amide bonds. The average Bonchev–Trinajstić information content (AvgIpc) is 2.28. The molecular weight excluding hydrogens is 266 g/mol. The molecule has 0 radical (unpaired) electrons. The van der Waals surface area contributed by atoms with Crippen LogP contribution in [0.2, 0.25) is 0 Å². The summed E-state index contributed by atoms with van der Waals surface area (Å²) in [5.74, 6) is -0.640. The summed E-state index contributed by atoms with van der Waals surface area (Å²) in [4.78, 5) is 10.6. The third kappa shape index (κ3) is 9.90. The Morgan fingerprint density at radius 2 is 1.84 bits per heavy atom. The van der Waals surface area contributed by atoms with Crippen LogP contribution in [0.4, 0.5) is 0 Å². The Hall–Kier alpha value is -0.620. The fourth-order valence-electron chi connectivity index (χ4n) is 1.83. The Morgan fingerprint density at radius 3 is 2.37 bits per heavy atom. The third-order valence-corrected chi connectivity index (χ3v) is 4.97. The summed E-state index contributed by atoms with van der Waals surface area (Å²) >= 11 is 0. The third-order valence-electron chi connectivity index (χ3n) is 3.12. The van der Waals surface area contributed by atoms with E-state index in [1.807, 2.05) is 13.8 Å². The number of carboxylic acid groups (broad SMARTS) is 1. The van der Waals surface area contributed by atoms with Gasteiger partial charge < -0.3 is 10.4 Å². The van der Waals surface area contributed by atoms with Crippen LogP contribution in [0.1, 0.15) is 46.5 Å². The first kappa shape index (κ1) is 18.4. The van der Waals surface area contributed by atoms with Crippen LogP contribution >= 0.6 is 0 Å². The largest absolute Gasteiger partial charge is 0.481 e. The molecule has 0 saturated heterocycles. The van der Waals surface area contributed by atoms with E-state index in [1.54, 1.807) is 6.92 Å². The molecule has 0 aliphatic heterocycles.